The Hall–Kier alpha value is -2.52. The second kappa shape index (κ2) is 9.74. The second-order valence-corrected chi connectivity index (χ2v) is 9.03. The summed E-state index contributed by atoms with van der Waals surface area (Å²) < 4.78 is 0. The van der Waals surface area contributed by atoms with Crippen molar-refractivity contribution < 1.29 is 14.7 Å². The first-order valence-electron chi connectivity index (χ1n) is 11.7. The van der Waals surface area contributed by atoms with Gasteiger partial charge >= 0.3 is 6.03 Å². The lowest BCUT2D eigenvalue weighted by atomic mass is 9.73. The van der Waals surface area contributed by atoms with Gasteiger partial charge in [-0.3, -0.25) is 4.79 Å². The molecule has 166 valence electrons. The summed E-state index contributed by atoms with van der Waals surface area (Å²) in [6, 6.07) is 7.68. The SMILES string of the molecule is CCCNC(=O)N1CC(=O)N2[C@H](CO)[C@H](c3ccc(C#CCC4CCCC4)cc3)[C@H]2C1. The normalized spacial score (nSPS) is 25.5. The number of piperazine rings is 1. The van der Waals surface area contributed by atoms with Gasteiger partial charge in [-0.15, -0.1) is 0 Å². The smallest absolute Gasteiger partial charge is 0.317 e. The molecule has 2 N–H and O–H groups in total. The van der Waals surface area contributed by atoms with E-state index in [1.807, 2.05) is 19.1 Å². The largest absolute Gasteiger partial charge is 0.394 e. The van der Waals surface area contributed by atoms with E-state index < -0.39 is 0 Å². The van der Waals surface area contributed by atoms with Gasteiger partial charge < -0.3 is 20.2 Å². The quantitative estimate of drug-likeness (QED) is 0.716. The zero-order valence-electron chi connectivity index (χ0n) is 18.3. The third-order valence-corrected chi connectivity index (χ3v) is 6.96. The van der Waals surface area contributed by atoms with Crippen LogP contribution in [-0.4, -0.2) is 65.2 Å². The first kappa shape index (κ1) is 21.7. The molecule has 0 spiro atoms. The van der Waals surface area contributed by atoms with Gasteiger partial charge in [0.05, 0.1) is 18.7 Å². The molecule has 0 unspecified atom stereocenters. The Bertz CT molecular complexity index is 851. The third kappa shape index (κ3) is 4.57. The maximum atomic E-state index is 12.6. The fraction of sp³-hybridized carbons (Fsp3) is 0.600. The number of fused-ring (bicyclic) bond motifs is 1. The number of benzene rings is 1. The fourth-order valence-corrected chi connectivity index (χ4v) is 5.30. The Morgan fingerprint density at radius 3 is 2.65 bits per heavy atom. The molecule has 1 aliphatic carbocycles. The number of carbonyl (C=O) groups is 2. The summed E-state index contributed by atoms with van der Waals surface area (Å²) in [5, 5.41) is 12.8. The number of urea groups is 1. The molecule has 2 heterocycles. The molecule has 0 bridgehead atoms. The average molecular weight is 424 g/mol. The van der Waals surface area contributed by atoms with Gasteiger partial charge in [-0.2, -0.15) is 0 Å². The Labute approximate surface area is 185 Å². The van der Waals surface area contributed by atoms with E-state index in [-0.39, 0.29) is 43.1 Å². The van der Waals surface area contributed by atoms with Gasteiger partial charge in [-0.25, -0.2) is 4.79 Å². The average Bonchev–Trinajstić information content (AvgIpc) is 3.28. The predicted octanol–water partition coefficient (Wildman–Crippen LogP) is 2.71. The van der Waals surface area contributed by atoms with Crippen LogP contribution in [0.5, 0.6) is 0 Å². The number of nitrogens with one attached hydrogen (secondary N) is 1. The maximum absolute atomic E-state index is 12.6. The van der Waals surface area contributed by atoms with Crippen molar-refractivity contribution in [3.05, 3.63) is 35.4 Å². The Morgan fingerprint density at radius 1 is 1.23 bits per heavy atom. The topological polar surface area (TPSA) is 72.9 Å². The van der Waals surface area contributed by atoms with E-state index in [9.17, 15) is 14.7 Å². The molecule has 3 aliphatic rings. The van der Waals surface area contributed by atoms with Crippen LogP contribution in [0.4, 0.5) is 4.79 Å². The molecule has 2 aliphatic heterocycles. The van der Waals surface area contributed by atoms with E-state index in [4.69, 9.17) is 0 Å². The van der Waals surface area contributed by atoms with E-state index >= 15 is 0 Å². The number of aliphatic hydroxyl groups is 1. The van der Waals surface area contributed by atoms with Crippen LogP contribution in [0, 0.1) is 17.8 Å². The highest BCUT2D eigenvalue weighted by atomic mass is 16.3. The first-order valence-corrected chi connectivity index (χ1v) is 11.7. The minimum Gasteiger partial charge on any atom is -0.394 e. The van der Waals surface area contributed by atoms with E-state index in [0.29, 0.717) is 13.1 Å². The summed E-state index contributed by atoms with van der Waals surface area (Å²) in [5.41, 5.74) is 2.09. The highest BCUT2D eigenvalue weighted by Gasteiger charge is 2.54. The van der Waals surface area contributed by atoms with Gasteiger partial charge in [0.25, 0.3) is 0 Å². The van der Waals surface area contributed by atoms with E-state index in [1.54, 1.807) is 9.80 Å². The zero-order chi connectivity index (χ0) is 21.8. The molecule has 31 heavy (non-hydrogen) atoms. The van der Waals surface area contributed by atoms with Crippen molar-refractivity contribution in [1.82, 2.24) is 15.1 Å². The molecule has 6 nitrogen and oxygen atoms in total. The number of hydrogen-bond donors (Lipinski definition) is 2. The van der Waals surface area contributed by atoms with Gasteiger partial charge in [-0.1, -0.05) is 43.7 Å². The Morgan fingerprint density at radius 2 is 1.97 bits per heavy atom. The monoisotopic (exact) mass is 423 g/mol. The lowest BCUT2D eigenvalue weighted by molar-refractivity contribution is -0.159. The van der Waals surface area contributed by atoms with Crippen LogP contribution in [0.3, 0.4) is 0 Å². The molecule has 1 saturated carbocycles. The summed E-state index contributed by atoms with van der Waals surface area (Å²) in [6.45, 7) is 3.10. The predicted molar refractivity (Wildman–Crippen MR) is 119 cm³/mol. The number of hydrogen-bond acceptors (Lipinski definition) is 3. The van der Waals surface area contributed by atoms with Crippen molar-refractivity contribution in [2.75, 3.05) is 26.2 Å². The van der Waals surface area contributed by atoms with E-state index in [0.717, 1.165) is 29.9 Å². The number of nitrogens with zero attached hydrogens (tertiary/aromatic N) is 2. The molecule has 4 rings (SSSR count). The first-order chi connectivity index (χ1) is 15.1. The van der Waals surface area contributed by atoms with Crippen molar-refractivity contribution in [2.24, 2.45) is 5.92 Å². The van der Waals surface area contributed by atoms with Gasteiger partial charge in [0.15, 0.2) is 0 Å². The lowest BCUT2D eigenvalue weighted by Crippen LogP contribution is -2.73. The van der Waals surface area contributed by atoms with Crippen LogP contribution in [0.25, 0.3) is 0 Å². The fourth-order valence-electron chi connectivity index (χ4n) is 5.30. The van der Waals surface area contributed by atoms with Gasteiger partial charge in [0, 0.05) is 31.0 Å². The summed E-state index contributed by atoms with van der Waals surface area (Å²) in [7, 11) is 0. The molecule has 0 radical (unpaired) electrons. The van der Waals surface area contributed by atoms with Gasteiger partial charge in [-0.05, 0) is 42.9 Å². The number of carbonyl (C=O) groups excluding carboxylic acids is 2. The zero-order valence-corrected chi connectivity index (χ0v) is 18.3. The van der Waals surface area contributed by atoms with Crippen LogP contribution in [0.1, 0.15) is 62.5 Å². The third-order valence-electron chi connectivity index (χ3n) is 6.96. The maximum Gasteiger partial charge on any atom is 0.317 e. The van der Waals surface area contributed by atoms with Crippen molar-refractivity contribution in [3.8, 4) is 11.8 Å². The molecule has 2 saturated heterocycles. The van der Waals surface area contributed by atoms with E-state index in [2.05, 4.69) is 29.3 Å². The minimum absolute atomic E-state index is 0.0243. The van der Waals surface area contributed by atoms with Gasteiger partial charge in [0.1, 0.15) is 6.54 Å². The molecule has 1 aromatic carbocycles. The molecule has 0 aromatic heterocycles. The molecule has 1 aromatic rings. The number of rotatable bonds is 5. The lowest BCUT2D eigenvalue weighted by Gasteiger charge is -2.58. The molecular weight excluding hydrogens is 390 g/mol. The van der Waals surface area contributed by atoms with Crippen LogP contribution >= 0.6 is 0 Å². The molecular formula is C25H33N3O3. The van der Waals surface area contributed by atoms with E-state index in [1.165, 1.54) is 25.7 Å². The number of aliphatic hydroxyl groups excluding tert-OH is 1. The van der Waals surface area contributed by atoms with Crippen molar-refractivity contribution >= 4 is 11.9 Å². The number of amides is 3. The highest BCUT2D eigenvalue weighted by molar-refractivity contribution is 5.87. The minimum atomic E-state index is -0.224. The van der Waals surface area contributed by atoms with Crippen molar-refractivity contribution in [1.29, 1.82) is 0 Å². The summed E-state index contributed by atoms with van der Waals surface area (Å²) in [4.78, 5) is 28.4. The van der Waals surface area contributed by atoms with Gasteiger partial charge in [0.2, 0.25) is 5.91 Å². The van der Waals surface area contributed by atoms with Crippen molar-refractivity contribution in [2.45, 2.75) is 63.5 Å². The molecule has 3 amide bonds. The Kier molecular flexibility index (Phi) is 6.82. The Balaban J connectivity index is 1.43. The molecule has 3 atom stereocenters. The van der Waals surface area contributed by atoms with Crippen LogP contribution in [0.15, 0.2) is 24.3 Å². The standard InChI is InChI=1S/C25H33N3O3/c1-2-14-26-25(31)27-15-21-24(22(17-29)28(21)23(30)16-27)20-12-10-19(11-13-20)9-5-8-18-6-3-4-7-18/h10-13,18,21-22,24,29H,2-4,6-8,14-17H2,1H3,(H,26,31)/t21-,22-,24-/m1/s1. The molecule has 3 fully saturated rings. The van der Waals surface area contributed by atoms with Crippen LogP contribution in [0.2, 0.25) is 0 Å². The molecule has 6 heteroatoms. The summed E-state index contributed by atoms with van der Waals surface area (Å²) in [6.07, 6.45) is 7.13. The summed E-state index contributed by atoms with van der Waals surface area (Å²) >= 11 is 0. The highest BCUT2D eigenvalue weighted by Crippen LogP contribution is 2.42. The second-order valence-electron chi connectivity index (χ2n) is 9.03. The van der Waals surface area contributed by atoms with Crippen LogP contribution < -0.4 is 5.32 Å². The summed E-state index contributed by atoms with van der Waals surface area (Å²) in [5.74, 6) is 7.31. The van der Waals surface area contributed by atoms with Crippen molar-refractivity contribution in [3.63, 3.8) is 0 Å². The van der Waals surface area contributed by atoms with Crippen LogP contribution in [-0.2, 0) is 4.79 Å².